The van der Waals surface area contributed by atoms with Gasteiger partial charge in [-0.3, -0.25) is 9.59 Å². The topological polar surface area (TPSA) is 81.4 Å². The van der Waals surface area contributed by atoms with Gasteiger partial charge in [0.1, 0.15) is 0 Å². The van der Waals surface area contributed by atoms with Crippen molar-refractivity contribution in [2.24, 2.45) is 17.6 Å². The van der Waals surface area contributed by atoms with Crippen molar-refractivity contribution in [1.82, 2.24) is 5.32 Å². The maximum absolute atomic E-state index is 11.5. The summed E-state index contributed by atoms with van der Waals surface area (Å²) in [7, 11) is 3.10. The number of hydrogen-bond acceptors (Lipinski definition) is 3. The van der Waals surface area contributed by atoms with Gasteiger partial charge in [0.15, 0.2) is 1.41 Å². The molecular weight excluding hydrogens is 184 g/mol. The number of primary amides is 1. The van der Waals surface area contributed by atoms with E-state index in [4.69, 9.17) is 6.15 Å². The van der Waals surface area contributed by atoms with E-state index in [1.807, 2.05) is 5.73 Å². The molecule has 0 bridgehead atoms. The van der Waals surface area contributed by atoms with E-state index in [1.165, 1.54) is 7.05 Å². The van der Waals surface area contributed by atoms with E-state index in [9.17, 15) is 9.59 Å². The molecule has 14 heavy (non-hydrogen) atoms. The molecule has 3 N–H and O–H groups in total. The molecule has 3 atom stereocenters. The fourth-order valence-electron chi connectivity index (χ4n) is 1.95. The van der Waals surface area contributed by atoms with Crippen molar-refractivity contribution in [2.75, 3.05) is 14.2 Å². The molecule has 0 aromatic rings. The van der Waals surface area contributed by atoms with E-state index < -0.39 is 11.8 Å². The van der Waals surface area contributed by atoms with Gasteiger partial charge >= 0.3 is 0 Å². The second-order valence-corrected chi connectivity index (χ2v) is 3.52. The lowest BCUT2D eigenvalue weighted by atomic mass is 9.95. The fraction of sp³-hybridized carbons (Fsp3) is 0.778. The molecule has 0 saturated heterocycles. The zero-order chi connectivity index (χ0) is 11.4. The number of hydrogen-bond donors (Lipinski definition) is 2. The summed E-state index contributed by atoms with van der Waals surface area (Å²) < 4.78 is 12.0. The van der Waals surface area contributed by atoms with E-state index >= 15 is 0 Å². The molecule has 1 rings (SSSR count). The SMILES string of the molecule is [2H]NC(=O)[C@H]1C[C@H](OC)C[C@@H]1C(=O)NC. The molecule has 80 valence electrons. The van der Waals surface area contributed by atoms with Crippen LogP contribution in [-0.4, -0.2) is 32.1 Å². The fourth-order valence-corrected chi connectivity index (χ4v) is 1.95. The van der Waals surface area contributed by atoms with Crippen LogP contribution in [0.2, 0.25) is 1.41 Å². The van der Waals surface area contributed by atoms with Crippen LogP contribution in [0.15, 0.2) is 0 Å². The predicted molar refractivity (Wildman–Crippen MR) is 50.3 cm³/mol. The summed E-state index contributed by atoms with van der Waals surface area (Å²) in [6, 6.07) is 0. The van der Waals surface area contributed by atoms with Crippen molar-refractivity contribution < 1.29 is 15.7 Å². The molecule has 0 aromatic carbocycles. The molecule has 0 aliphatic heterocycles. The molecule has 1 aliphatic carbocycles. The monoisotopic (exact) mass is 201 g/mol. The minimum absolute atomic E-state index is 0.0744. The third-order valence-corrected chi connectivity index (χ3v) is 2.77. The smallest absolute Gasteiger partial charge is 0.223 e. The Labute approximate surface area is 84.4 Å². The minimum atomic E-state index is -0.451. The molecule has 2 amide bonds. The summed E-state index contributed by atoms with van der Waals surface area (Å²) in [5, 5.41) is 2.52. The quantitative estimate of drug-likeness (QED) is 0.631. The minimum Gasteiger partial charge on any atom is -0.381 e. The first kappa shape index (κ1) is 9.45. The summed E-state index contributed by atoms with van der Waals surface area (Å²) in [5.41, 5.74) is 1.84. The lowest BCUT2D eigenvalue weighted by Crippen LogP contribution is -2.35. The Morgan fingerprint density at radius 3 is 2.64 bits per heavy atom. The molecule has 0 heterocycles. The van der Waals surface area contributed by atoms with Gasteiger partial charge in [0, 0.05) is 14.2 Å². The van der Waals surface area contributed by atoms with Gasteiger partial charge in [-0.2, -0.15) is 0 Å². The maximum Gasteiger partial charge on any atom is 0.223 e. The number of carbonyl (C=O) groups is 2. The molecule has 0 radical (unpaired) electrons. The molecule has 0 aromatic heterocycles. The first-order valence-electron chi connectivity index (χ1n) is 5.10. The highest BCUT2D eigenvalue weighted by Crippen LogP contribution is 2.33. The first-order chi connectivity index (χ1) is 7.13. The Bertz CT molecular complexity index is 236. The molecule has 0 unspecified atom stereocenters. The molecule has 1 saturated carbocycles. The zero-order valence-corrected chi connectivity index (χ0v) is 8.37. The van der Waals surface area contributed by atoms with Crippen molar-refractivity contribution in [3.8, 4) is 0 Å². The molecular formula is C9H16N2O3. The van der Waals surface area contributed by atoms with Crippen molar-refractivity contribution in [3.63, 3.8) is 0 Å². The summed E-state index contributed by atoms with van der Waals surface area (Å²) in [4.78, 5) is 22.9. The number of nitrogens with one attached hydrogen (secondary N) is 1. The number of rotatable bonds is 3. The number of carbonyl (C=O) groups excluding carboxylic acids is 2. The Hall–Kier alpha value is -1.10. The molecule has 5 heteroatoms. The largest absolute Gasteiger partial charge is 0.381 e. The number of amides is 2. The van der Waals surface area contributed by atoms with Gasteiger partial charge in [-0.05, 0) is 12.8 Å². The average molecular weight is 201 g/mol. The molecule has 5 nitrogen and oxygen atoms in total. The van der Waals surface area contributed by atoms with Gasteiger partial charge < -0.3 is 15.8 Å². The van der Waals surface area contributed by atoms with E-state index in [0.717, 1.165) is 0 Å². The van der Waals surface area contributed by atoms with Gasteiger partial charge in [0.25, 0.3) is 0 Å². The Kier molecular flexibility index (Phi) is 2.98. The molecule has 1 aliphatic rings. The van der Waals surface area contributed by atoms with Crippen molar-refractivity contribution in [1.29, 1.82) is 0 Å². The summed E-state index contributed by atoms with van der Waals surface area (Å²) in [6.45, 7) is 0. The third kappa shape index (κ3) is 2.04. The van der Waals surface area contributed by atoms with Crippen molar-refractivity contribution in [3.05, 3.63) is 0 Å². The van der Waals surface area contributed by atoms with Crippen LogP contribution in [0.1, 0.15) is 12.8 Å². The number of ether oxygens (including phenoxy) is 1. The molecule has 1 fully saturated rings. The Morgan fingerprint density at radius 2 is 2.14 bits per heavy atom. The number of methoxy groups -OCH3 is 1. The van der Waals surface area contributed by atoms with Crippen LogP contribution in [0, 0.1) is 11.8 Å². The van der Waals surface area contributed by atoms with E-state index in [1.54, 1.807) is 7.11 Å². The van der Waals surface area contributed by atoms with Crippen LogP contribution in [0.4, 0.5) is 0 Å². The van der Waals surface area contributed by atoms with Crippen LogP contribution >= 0.6 is 0 Å². The summed E-state index contributed by atoms with van der Waals surface area (Å²) in [6.07, 6.45) is 0.961. The Balaban J connectivity index is 2.73. The van der Waals surface area contributed by atoms with Gasteiger partial charge in [0.2, 0.25) is 11.8 Å². The van der Waals surface area contributed by atoms with Gasteiger partial charge in [0.05, 0.1) is 17.9 Å². The Morgan fingerprint density at radius 1 is 1.50 bits per heavy atom. The lowest BCUT2D eigenvalue weighted by Gasteiger charge is -2.13. The van der Waals surface area contributed by atoms with Crippen LogP contribution in [-0.2, 0) is 14.3 Å². The highest BCUT2D eigenvalue weighted by Gasteiger charge is 2.41. The van der Waals surface area contributed by atoms with Gasteiger partial charge in [-0.1, -0.05) is 0 Å². The van der Waals surface area contributed by atoms with E-state index in [-0.39, 0.29) is 17.9 Å². The standard InChI is InChI=1S/C9H16N2O3/c1-11-9(13)7-4-5(14-2)3-6(7)8(10)12/h5-7H,3-4H2,1-2H3,(H2,10,12)(H,11,13)/t5-,6-,7-/m0/s1/i/hD. The number of nitrogens with two attached hydrogens (primary N) is 1. The average Bonchev–Trinajstić information content (AvgIpc) is 2.70. The second-order valence-electron chi connectivity index (χ2n) is 3.52. The summed E-state index contributed by atoms with van der Waals surface area (Å²) in [5.74, 6) is -1.41. The lowest BCUT2D eigenvalue weighted by molar-refractivity contribution is -0.131. The van der Waals surface area contributed by atoms with Gasteiger partial charge in [-0.15, -0.1) is 0 Å². The summed E-state index contributed by atoms with van der Waals surface area (Å²) >= 11 is 0. The van der Waals surface area contributed by atoms with Crippen LogP contribution in [0.5, 0.6) is 0 Å². The highest BCUT2D eigenvalue weighted by molar-refractivity contribution is 5.87. The van der Waals surface area contributed by atoms with Crippen molar-refractivity contribution >= 4 is 11.8 Å². The third-order valence-electron chi connectivity index (χ3n) is 2.77. The maximum atomic E-state index is 11.5. The molecule has 0 spiro atoms. The highest BCUT2D eigenvalue weighted by atomic mass is 16.5. The van der Waals surface area contributed by atoms with Crippen LogP contribution in [0.25, 0.3) is 0 Å². The second kappa shape index (κ2) is 4.41. The zero-order valence-electron chi connectivity index (χ0n) is 9.37. The van der Waals surface area contributed by atoms with Crippen molar-refractivity contribution in [2.45, 2.75) is 18.9 Å². The van der Waals surface area contributed by atoms with Crippen LogP contribution < -0.4 is 11.0 Å². The van der Waals surface area contributed by atoms with E-state index in [0.29, 0.717) is 12.8 Å². The predicted octanol–water partition coefficient (Wildman–Crippen LogP) is -0.741. The normalized spacial score (nSPS) is 32.1. The van der Waals surface area contributed by atoms with Crippen LogP contribution in [0.3, 0.4) is 0 Å². The van der Waals surface area contributed by atoms with E-state index in [2.05, 4.69) is 5.32 Å². The first-order valence-corrected chi connectivity index (χ1v) is 4.60. The van der Waals surface area contributed by atoms with Gasteiger partial charge in [-0.25, -0.2) is 0 Å².